The van der Waals surface area contributed by atoms with Crippen LogP contribution in [0.1, 0.15) is 30.6 Å². The predicted octanol–water partition coefficient (Wildman–Crippen LogP) is 3.19. The molecule has 1 aromatic carbocycles. The first-order valence-corrected chi connectivity index (χ1v) is 13.1. The van der Waals surface area contributed by atoms with Crippen LogP contribution in [0.3, 0.4) is 0 Å². The highest BCUT2D eigenvalue weighted by Gasteiger charge is 2.26. The summed E-state index contributed by atoms with van der Waals surface area (Å²) in [6.45, 7) is 5.06. The van der Waals surface area contributed by atoms with Crippen molar-refractivity contribution >= 4 is 21.7 Å². The predicted molar refractivity (Wildman–Crippen MR) is 133 cm³/mol. The number of hydrogen-bond donors (Lipinski definition) is 2. The molecule has 1 amide bonds. The maximum atomic E-state index is 14.3. The van der Waals surface area contributed by atoms with E-state index < -0.39 is 26.8 Å². The highest BCUT2D eigenvalue weighted by molar-refractivity contribution is 7.90. The number of amides is 1. The maximum absolute atomic E-state index is 14.3. The molecule has 3 N–H and O–H groups in total. The van der Waals surface area contributed by atoms with Crippen LogP contribution in [-0.4, -0.2) is 50.2 Å². The van der Waals surface area contributed by atoms with Gasteiger partial charge in [-0.3, -0.25) is 4.79 Å². The Hall–Kier alpha value is -3.77. The monoisotopic (exact) mass is 530 g/mol. The molecule has 1 atom stereocenters. The summed E-state index contributed by atoms with van der Waals surface area (Å²) in [6.07, 6.45) is 0.601. The minimum Gasteiger partial charge on any atom is -0.493 e. The number of hydrogen-bond acceptors (Lipinski definition) is 9. The van der Waals surface area contributed by atoms with E-state index >= 15 is 0 Å². The maximum Gasteiger partial charge on any atom is 0.281 e. The topological polar surface area (TPSA) is 143 Å². The summed E-state index contributed by atoms with van der Waals surface area (Å²) in [4.78, 5) is 21.1. The van der Waals surface area contributed by atoms with E-state index in [9.17, 15) is 17.6 Å². The lowest BCUT2D eigenvalue weighted by atomic mass is 10.1. The number of aromatic nitrogens is 2. The summed E-state index contributed by atoms with van der Waals surface area (Å²) in [5, 5.41) is -0.413. The number of nitrogens with one attached hydrogen (secondary N) is 1. The van der Waals surface area contributed by atoms with Crippen LogP contribution in [0.2, 0.25) is 0 Å². The van der Waals surface area contributed by atoms with Gasteiger partial charge in [0, 0.05) is 24.7 Å². The van der Waals surface area contributed by atoms with Crippen molar-refractivity contribution in [2.24, 2.45) is 5.92 Å². The first kappa shape index (κ1) is 26.3. The standard InChI is InChI=1S/C25H27FN4O6S/c1-15(2)13-35-19-11-16(10-17(26)12-19)21-7-6-20(25(28-21)36-14-18-8-9-34-18)24(31)30-37(32,33)23-5-3-4-22(27)29-23/h3-7,10-12,15,18H,8-9,13-14H2,1-2H3,(H2,27,29)(H,30,31). The fraction of sp³-hybridized carbons (Fsp3) is 0.320. The Morgan fingerprint density at radius 3 is 2.65 bits per heavy atom. The molecule has 0 radical (unpaired) electrons. The Bertz CT molecular complexity index is 1400. The smallest absolute Gasteiger partial charge is 0.281 e. The number of anilines is 1. The van der Waals surface area contributed by atoms with Crippen molar-refractivity contribution in [2.45, 2.75) is 31.4 Å². The lowest BCUT2D eigenvalue weighted by Crippen LogP contribution is -2.34. The van der Waals surface area contributed by atoms with Crippen molar-refractivity contribution in [2.75, 3.05) is 25.6 Å². The minimum atomic E-state index is -4.32. The van der Waals surface area contributed by atoms with Crippen LogP contribution in [0, 0.1) is 11.7 Å². The van der Waals surface area contributed by atoms with Gasteiger partial charge in [-0.05, 0) is 42.3 Å². The van der Waals surface area contributed by atoms with Gasteiger partial charge in [-0.15, -0.1) is 0 Å². The van der Waals surface area contributed by atoms with E-state index in [1.807, 2.05) is 18.6 Å². The van der Waals surface area contributed by atoms with Crippen molar-refractivity contribution in [1.29, 1.82) is 0 Å². The molecule has 3 aromatic rings. The minimum absolute atomic E-state index is 0.0160. The molecule has 1 fully saturated rings. The quantitative estimate of drug-likeness (QED) is 0.404. The molecule has 1 aliphatic rings. The molecule has 2 aromatic heterocycles. The number of nitrogens with zero attached hydrogens (tertiary/aromatic N) is 2. The van der Waals surface area contributed by atoms with Crippen molar-refractivity contribution in [3.05, 3.63) is 59.9 Å². The Morgan fingerprint density at radius 1 is 1.19 bits per heavy atom. The van der Waals surface area contributed by atoms with Crippen LogP contribution >= 0.6 is 0 Å². The zero-order valence-electron chi connectivity index (χ0n) is 20.3. The van der Waals surface area contributed by atoms with E-state index in [1.54, 1.807) is 6.07 Å². The lowest BCUT2D eigenvalue weighted by Gasteiger charge is -2.26. The number of pyridine rings is 2. The molecule has 4 rings (SSSR count). The molecule has 0 saturated carbocycles. The van der Waals surface area contributed by atoms with E-state index in [2.05, 4.69) is 9.97 Å². The molecule has 0 aliphatic carbocycles. The van der Waals surface area contributed by atoms with Gasteiger partial charge in [0.2, 0.25) is 5.88 Å². The number of carbonyl (C=O) groups excluding carboxylic acids is 1. The molecule has 1 unspecified atom stereocenters. The molecule has 1 saturated heterocycles. The second-order valence-corrected chi connectivity index (χ2v) is 10.5. The van der Waals surface area contributed by atoms with Gasteiger partial charge in [-0.2, -0.15) is 8.42 Å². The Labute approximate surface area is 214 Å². The fourth-order valence-electron chi connectivity index (χ4n) is 3.34. The summed E-state index contributed by atoms with van der Waals surface area (Å²) >= 11 is 0. The van der Waals surface area contributed by atoms with Gasteiger partial charge in [0.1, 0.15) is 29.6 Å². The number of carbonyl (C=O) groups is 1. The van der Waals surface area contributed by atoms with E-state index in [-0.39, 0.29) is 35.9 Å². The summed E-state index contributed by atoms with van der Waals surface area (Å²) in [6, 6.07) is 11.0. The summed E-state index contributed by atoms with van der Waals surface area (Å²) < 4.78 is 58.4. The van der Waals surface area contributed by atoms with Crippen molar-refractivity contribution < 1.29 is 31.8 Å². The Morgan fingerprint density at radius 2 is 1.97 bits per heavy atom. The number of halogens is 1. The third-order valence-electron chi connectivity index (χ3n) is 5.30. The van der Waals surface area contributed by atoms with Gasteiger partial charge in [0.05, 0.1) is 18.4 Å². The molecule has 12 heteroatoms. The molecular weight excluding hydrogens is 503 g/mol. The molecule has 0 bridgehead atoms. The fourth-order valence-corrected chi connectivity index (χ4v) is 4.28. The van der Waals surface area contributed by atoms with Gasteiger partial charge in [0.15, 0.2) is 5.03 Å². The van der Waals surface area contributed by atoms with E-state index in [0.29, 0.717) is 30.2 Å². The largest absolute Gasteiger partial charge is 0.493 e. The summed E-state index contributed by atoms with van der Waals surface area (Å²) in [7, 11) is -4.32. The zero-order chi connectivity index (χ0) is 26.6. The number of ether oxygens (including phenoxy) is 3. The van der Waals surface area contributed by atoms with E-state index in [4.69, 9.17) is 19.9 Å². The van der Waals surface area contributed by atoms with E-state index in [0.717, 1.165) is 6.42 Å². The van der Waals surface area contributed by atoms with Crippen LogP contribution in [0.25, 0.3) is 11.3 Å². The van der Waals surface area contributed by atoms with Gasteiger partial charge in [-0.1, -0.05) is 19.9 Å². The number of nitrogen functional groups attached to an aromatic ring is 1. The van der Waals surface area contributed by atoms with Crippen LogP contribution in [0.5, 0.6) is 11.6 Å². The second-order valence-electron chi connectivity index (χ2n) is 8.86. The highest BCUT2D eigenvalue weighted by Crippen LogP contribution is 2.28. The summed E-state index contributed by atoms with van der Waals surface area (Å²) in [5.41, 5.74) is 6.13. The molecule has 196 valence electrons. The summed E-state index contributed by atoms with van der Waals surface area (Å²) in [5.74, 6) is -1.07. The number of rotatable bonds is 10. The van der Waals surface area contributed by atoms with Crippen LogP contribution < -0.4 is 19.9 Å². The Balaban J connectivity index is 1.64. The second kappa shape index (κ2) is 11.1. The normalized spacial score (nSPS) is 15.2. The molecule has 37 heavy (non-hydrogen) atoms. The molecule has 0 spiro atoms. The van der Waals surface area contributed by atoms with Crippen molar-refractivity contribution in [1.82, 2.24) is 14.7 Å². The first-order valence-electron chi connectivity index (χ1n) is 11.6. The molecule has 1 aliphatic heterocycles. The molecular formula is C25H27FN4O6S. The van der Waals surface area contributed by atoms with Crippen LogP contribution in [0.15, 0.2) is 53.6 Å². The van der Waals surface area contributed by atoms with Crippen LogP contribution in [-0.2, 0) is 14.8 Å². The van der Waals surface area contributed by atoms with Gasteiger partial charge < -0.3 is 19.9 Å². The Kier molecular flexibility index (Phi) is 7.89. The number of benzene rings is 1. The first-order chi connectivity index (χ1) is 17.6. The SMILES string of the molecule is CC(C)COc1cc(F)cc(-c2ccc(C(=O)NS(=O)(=O)c3cccc(N)n3)c(OCC3CCO3)n2)c1. The molecule has 3 heterocycles. The lowest BCUT2D eigenvalue weighted by molar-refractivity contribution is -0.0727. The van der Waals surface area contributed by atoms with Gasteiger partial charge in [-0.25, -0.2) is 19.1 Å². The third kappa shape index (κ3) is 6.71. The van der Waals surface area contributed by atoms with Gasteiger partial charge in [0.25, 0.3) is 15.9 Å². The van der Waals surface area contributed by atoms with E-state index in [1.165, 1.54) is 42.5 Å². The third-order valence-corrected chi connectivity index (χ3v) is 6.53. The zero-order valence-corrected chi connectivity index (χ0v) is 21.1. The average molecular weight is 531 g/mol. The highest BCUT2D eigenvalue weighted by atomic mass is 32.2. The number of nitrogens with two attached hydrogens (primary N) is 1. The van der Waals surface area contributed by atoms with Crippen molar-refractivity contribution in [3.63, 3.8) is 0 Å². The number of sulfonamides is 1. The average Bonchev–Trinajstić information content (AvgIpc) is 2.81. The van der Waals surface area contributed by atoms with Gasteiger partial charge >= 0.3 is 0 Å². The van der Waals surface area contributed by atoms with Crippen molar-refractivity contribution in [3.8, 4) is 22.9 Å². The molecule has 10 nitrogen and oxygen atoms in total. The van der Waals surface area contributed by atoms with Crippen LogP contribution in [0.4, 0.5) is 10.2 Å².